The van der Waals surface area contributed by atoms with Crippen molar-refractivity contribution in [1.82, 2.24) is 9.55 Å². The minimum atomic E-state index is -0.468. The van der Waals surface area contributed by atoms with Crippen molar-refractivity contribution >= 4 is 34.1 Å². The molecule has 2 aromatic heterocycles. The van der Waals surface area contributed by atoms with Crippen LogP contribution in [0, 0.1) is 20.4 Å². The number of pyridine rings is 1. The highest BCUT2D eigenvalue weighted by molar-refractivity contribution is 6.34. The number of benzene rings is 2. The number of carbonyl (C=O) groups excluding carboxylic acids is 1. The van der Waals surface area contributed by atoms with Crippen LogP contribution in [0.1, 0.15) is 21.5 Å². The number of aromatic nitrogens is 2. The summed E-state index contributed by atoms with van der Waals surface area (Å²) in [6.45, 7) is 11.3. The first-order valence-electron chi connectivity index (χ1n) is 8.94. The van der Waals surface area contributed by atoms with E-state index in [1.54, 1.807) is 24.5 Å². The fourth-order valence-electron chi connectivity index (χ4n) is 3.44. The van der Waals surface area contributed by atoms with E-state index in [0.29, 0.717) is 16.3 Å². The molecule has 0 aliphatic rings. The van der Waals surface area contributed by atoms with Gasteiger partial charge in [-0.1, -0.05) is 11.6 Å². The van der Waals surface area contributed by atoms with Crippen molar-refractivity contribution < 1.29 is 4.79 Å². The Morgan fingerprint density at radius 1 is 1.10 bits per heavy atom. The van der Waals surface area contributed by atoms with Gasteiger partial charge in [-0.2, -0.15) is 0 Å². The lowest BCUT2D eigenvalue weighted by Gasteiger charge is -2.07. The second-order valence-corrected chi connectivity index (χ2v) is 7.29. The summed E-state index contributed by atoms with van der Waals surface area (Å²) in [4.78, 5) is 19.3. The standard InChI is InChI=1S/C23H17ClN4O/c1-13-8-21-17(9-20(13)26-3)19(18-11-27-10-14(2)22(18)24)12-28(21)16-6-4-15(5-7-16)23(25)29/h4-12H,1-2H3,(H2,25,29). The van der Waals surface area contributed by atoms with Crippen molar-refractivity contribution in [2.24, 2.45) is 5.73 Å². The molecule has 0 saturated heterocycles. The highest BCUT2D eigenvalue weighted by Crippen LogP contribution is 2.39. The van der Waals surface area contributed by atoms with Crippen LogP contribution in [0.3, 0.4) is 0 Å². The fourth-order valence-corrected chi connectivity index (χ4v) is 3.64. The molecule has 0 atom stereocenters. The van der Waals surface area contributed by atoms with E-state index < -0.39 is 5.91 Å². The van der Waals surface area contributed by atoms with E-state index in [1.807, 2.05) is 48.9 Å². The Hall–Kier alpha value is -3.62. The third-order valence-corrected chi connectivity index (χ3v) is 5.52. The smallest absolute Gasteiger partial charge is 0.248 e. The number of hydrogen-bond donors (Lipinski definition) is 1. The van der Waals surface area contributed by atoms with Gasteiger partial charge in [0.25, 0.3) is 0 Å². The predicted molar refractivity (Wildman–Crippen MR) is 116 cm³/mol. The minimum absolute atomic E-state index is 0.447. The molecule has 0 unspecified atom stereocenters. The van der Waals surface area contributed by atoms with Crippen molar-refractivity contribution in [3.05, 3.63) is 88.1 Å². The molecule has 0 fully saturated rings. The molecule has 4 rings (SSSR count). The molecule has 0 bridgehead atoms. The zero-order valence-corrected chi connectivity index (χ0v) is 16.7. The molecule has 1 amide bonds. The molecule has 29 heavy (non-hydrogen) atoms. The van der Waals surface area contributed by atoms with Crippen LogP contribution in [0.4, 0.5) is 5.69 Å². The summed E-state index contributed by atoms with van der Waals surface area (Å²) >= 11 is 6.58. The van der Waals surface area contributed by atoms with Gasteiger partial charge in [0.15, 0.2) is 5.69 Å². The van der Waals surface area contributed by atoms with Gasteiger partial charge in [0, 0.05) is 41.0 Å². The zero-order chi connectivity index (χ0) is 20.7. The number of nitrogens with zero attached hydrogens (tertiary/aromatic N) is 3. The van der Waals surface area contributed by atoms with Crippen molar-refractivity contribution in [3.63, 3.8) is 0 Å². The summed E-state index contributed by atoms with van der Waals surface area (Å²) in [5, 5.41) is 1.54. The van der Waals surface area contributed by atoms with Gasteiger partial charge in [-0.25, -0.2) is 4.85 Å². The summed E-state index contributed by atoms with van der Waals surface area (Å²) in [5.74, 6) is -0.468. The van der Waals surface area contributed by atoms with E-state index >= 15 is 0 Å². The normalized spacial score (nSPS) is 10.8. The quantitative estimate of drug-likeness (QED) is 0.454. The van der Waals surface area contributed by atoms with Gasteiger partial charge in [-0.05, 0) is 66.8 Å². The molecule has 0 aliphatic heterocycles. The number of nitrogens with two attached hydrogens (primary N) is 1. The average molecular weight is 401 g/mol. The molecular weight excluding hydrogens is 384 g/mol. The lowest BCUT2D eigenvalue weighted by atomic mass is 10.0. The Labute approximate surface area is 173 Å². The number of halogens is 1. The van der Waals surface area contributed by atoms with E-state index in [4.69, 9.17) is 23.9 Å². The maximum Gasteiger partial charge on any atom is 0.248 e. The largest absolute Gasteiger partial charge is 0.366 e. The topological polar surface area (TPSA) is 65.3 Å². The average Bonchev–Trinajstić information content (AvgIpc) is 3.07. The summed E-state index contributed by atoms with van der Waals surface area (Å²) < 4.78 is 2.02. The second-order valence-electron chi connectivity index (χ2n) is 6.91. The number of primary amides is 1. The van der Waals surface area contributed by atoms with E-state index in [0.717, 1.165) is 38.8 Å². The maximum absolute atomic E-state index is 11.4. The van der Waals surface area contributed by atoms with E-state index in [-0.39, 0.29) is 0 Å². The molecule has 0 aliphatic carbocycles. The summed E-state index contributed by atoms with van der Waals surface area (Å²) in [6.07, 6.45) is 5.45. The SMILES string of the molecule is [C-]#[N+]c1cc2c(-c3cncc(C)c3Cl)cn(-c3ccc(C(N)=O)cc3)c2cc1C. The second kappa shape index (κ2) is 7.08. The summed E-state index contributed by atoms with van der Waals surface area (Å²) in [6, 6.07) is 11.0. The number of hydrogen-bond acceptors (Lipinski definition) is 2. The van der Waals surface area contributed by atoms with Gasteiger partial charge in [0.1, 0.15) is 0 Å². The molecule has 0 spiro atoms. The molecule has 2 N–H and O–H groups in total. The van der Waals surface area contributed by atoms with Crippen LogP contribution in [0.5, 0.6) is 0 Å². The summed E-state index contributed by atoms with van der Waals surface area (Å²) in [7, 11) is 0. The molecule has 0 saturated carbocycles. The van der Waals surface area contributed by atoms with Crippen molar-refractivity contribution in [1.29, 1.82) is 0 Å². The first-order valence-corrected chi connectivity index (χ1v) is 9.32. The number of fused-ring (bicyclic) bond motifs is 1. The number of rotatable bonds is 3. The lowest BCUT2D eigenvalue weighted by molar-refractivity contribution is 0.100. The monoisotopic (exact) mass is 400 g/mol. The molecule has 2 heterocycles. The van der Waals surface area contributed by atoms with Crippen LogP contribution in [0.15, 0.2) is 55.0 Å². The Balaban J connectivity index is 2.03. The number of carbonyl (C=O) groups is 1. The molecule has 2 aromatic carbocycles. The van der Waals surface area contributed by atoms with Crippen LogP contribution in [-0.4, -0.2) is 15.5 Å². The molecule has 142 valence electrons. The van der Waals surface area contributed by atoms with Crippen LogP contribution < -0.4 is 5.73 Å². The minimum Gasteiger partial charge on any atom is -0.366 e. The van der Waals surface area contributed by atoms with Crippen LogP contribution in [-0.2, 0) is 0 Å². The van der Waals surface area contributed by atoms with E-state index in [9.17, 15) is 4.79 Å². The third kappa shape index (κ3) is 3.14. The fraction of sp³-hybridized carbons (Fsp3) is 0.0870. The summed E-state index contributed by atoms with van der Waals surface area (Å²) in [5.41, 5.74) is 11.7. The van der Waals surface area contributed by atoms with Crippen molar-refractivity contribution in [3.8, 4) is 16.8 Å². The highest BCUT2D eigenvalue weighted by atomic mass is 35.5. The van der Waals surface area contributed by atoms with Gasteiger partial charge in [-0.3, -0.25) is 9.78 Å². The van der Waals surface area contributed by atoms with Crippen LogP contribution in [0.25, 0.3) is 32.6 Å². The highest BCUT2D eigenvalue weighted by Gasteiger charge is 2.17. The Morgan fingerprint density at radius 2 is 1.83 bits per heavy atom. The van der Waals surface area contributed by atoms with Gasteiger partial charge in [0.05, 0.1) is 17.1 Å². The maximum atomic E-state index is 11.4. The molecule has 5 nitrogen and oxygen atoms in total. The van der Waals surface area contributed by atoms with Gasteiger partial charge in [0.2, 0.25) is 5.91 Å². The van der Waals surface area contributed by atoms with Crippen molar-refractivity contribution in [2.45, 2.75) is 13.8 Å². The third-order valence-electron chi connectivity index (χ3n) is 5.02. The number of aryl methyl sites for hydroxylation is 2. The first-order chi connectivity index (χ1) is 13.9. The van der Waals surface area contributed by atoms with Gasteiger partial charge in [-0.15, -0.1) is 0 Å². The molecule has 4 aromatic rings. The van der Waals surface area contributed by atoms with Crippen LogP contribution >= 0.6 is 11.6 Å². The zero-order valence-electron chi connectivity index (χ0n) is 15.9. The van der Waals surface area contributed by atoms with Crippen molar-refractivity contribution in [2.75, 3.05) is 0 Å². The lowest BCUT2D eigenvalue weighted by Crippen LogP contribution is -2.10. The van der Waals surface area contributed by atoms with Gasteiger partial charge >= 0.3 is 0 Å². The molecular formula is C23H17ClN4O. The van der Waals surface area contributed by atoms with Crippen LogP contribution in [0.2, 0.25) is 5.02 Å². The van der Waals surface area contributed by atoms with Gasteiger partial charge < -0.3 is 10.3 Å². The Bertz CT molecular complexity index is 1310. The first kappa shape index (κ1) is 18.7. The Morgan fingerprint density at radius 3 is 2.48 bits per heavy atom. The van der Waals surface area contributed by atoms with E-state index in [2.05, 4.69) is 9.83 Å². The van der Waals surface area contributed by atoms with E-state index in [1.165, 1.54) is 0 Å². The Kier molecular flexibility index (Phi) is 4.57. The molecule has 6 heteroatoms. The predicted octanol–water partition coefficient (Wildman–Crippen LogP) is 5.61. The molecule has 0 radical (unpaired) electrons. The number of amides is 1.